The molecule has 0 aliphatic carbocycles. The van der Waals surface area contributed by atoms with Gasteiger partial charge in [0.05, 0.1) is 24.1 Å². The van der Waals surface area contributed by atoms with E-state index in [9.17, 15) is 4.79 Å². The minimum Gasteiger partial charge on any atom is -0.462 e. The Bertz CT molecular complexity index is 546. The van der Waals surface area contributed by atoms with Crippen molar-refractivity contribution in [1.82, 2.24) is 14.8 Å². The summed E-state index contributed by atoms with van der Waals surface area (Å²) in [6, 6.07) is 3.52. The van der Waals surface area contributed by atoms with Gasteiger partial charge in [-0.2, -0.15) is 5.10 Å². The number of ether oxygens (including phenoxy) is 1. The van der Waals surface area contributed by atoms with E-state index in [1.165, 1.54) is 6.20 Å². The number of esters is 1. The van der Waals surface area contributed by atoms with Crippen LogP contribution in [0.25, 0.3) is 11.3 Å². The zero-order chi connectivity index (χ0) is 13.7. The first kappa shape index (κ1) is 13.3. The van der Waals surface area contributed by atoms with Crippen molar-refractivity contribution in [1.29, 1.82) is 0 Å². The summed E-state index contributed by atoms with van der Waals surface area (Å²) in [6.07, 6.45) is 6.30. The summed E-state index contributed by atoms with van der Waals surface area (Å²) in [5.41, 5.74) is 2.21. The van der Waals surface area contributed by atoms with Gasteiger partial charge < -0.3 is 4.74 Å². The fraction of sp³-hybridized carbons (Fsp3) is 0.357. The predicted molar refractivity (Wildman–Crippen MR) is 71.7 cm³/mol. The number of rotatable bonds is 5. The Hall–Kier alpha value is -2.17. The summed E-state index contributed by atoms with van der Waals surface area (Å²) in [6.45, 7) is 5.14. The van der Waals surface area contributed by atoms with Crippen molar-refractivity contribution in [2.24, 2.45) is 0 Å². The number of aryl methyl sites for hydroxylation is 1. The fourth-order valence-electron chi connectivity index (χ4n) is 1.75. The summed E-state index contributed by atoms with van der Waals surface area (Å²) in [4.78, 5) is 15.8. The standard InChI is InChI=1S/C14H17N3O2/c1-3-7-17-10-12(9-16-17)13-6-5-11(8-15-13)14(18)19-4-2/h5-6,8-10H,3-4,7H2,1-2H3. The highest BCUT2D eigenvalue weighted by Crippen LogP contribution is 2.16. The van der Waals surface area contributed by atoms with Gasteiger partial charge in [-0.25, -0.2) is 4.79 Å². The third-order valence-electron chi connectivity index (χ3n) is 2.66. The van der Waals surface area contributed by atoms with Gasteiger partial charge in [-0.3, -0.25) is 9.67 Å². The minimum absolute atomic E-state index is 0.344. The molecule has 2 rings (SSSR count). The second kappa shape index (κ2) is 6.13. The highest BCUT2D eigenvalue weighted by atomic mass is 16.5. The van der Waals surface area contributed by atoms with Crippen molar-refractivity contribution in [2.75, 3.05) is 6.61 Å². The van der Waals surface area contributed by atoms with Crippen LogP contribution in [-0.2, 0) is 11.3 Å². The monoisotopic (exact) mass is 259 g/mol. The third-order valence-corrected chi connectivity index (χ3v) is 2.66. The van der Waals surface area contributed by atoms with Crippen molar-refractivity contribution in [2.45, 2.75) is 26.8 Å². The molecule has 0 atom stereocenters. The number of aromatic nitrogens is 3. The Kier molecular flexibility index (Phi) is 4.28. The van der Waals surface area contributed by atoms with Crippen LogP contribution in [-0.4, -0.2) is 27.3 Å². The summed E-state index contributed by atoms with van der Waals surface area (Å²) in [7, 11) is 0. The molecule has 5 nitrogen and oxygen atoms in total. The second-order valence-corrected chi connectivity index (χ2v) is 4.14. The first-order valence-electron chi connectivity index (χ1n) is 6.40. The Balaban J connectivity index is 2.15. The van der Waals surface area contributed by atoms with Crippen molar-refractivity contribution in [3.05, 3.63) is 36.3 Å². The van der Waals surface area contributed by atoms with Gasteiger partial charge in [0, 0.05) is 24.5 Å². The van der Waals surface area contributed by atoms with Gasteiger partial charge in [0.2, 0.25) is 0 Å². The molecule has 2 heterocycles. The third kappa shape index (κ3) is 3.19. The van der Waals surface area contributed by atoms with Gasteiger partial charge in [-0.05, 0) is 25.5 Å². The van der Waals surface area contributed by atoms with Crippen LogP contribution < -0.4 is 0 Å². The normalized spacial score (nSPS) is 10.4. The molecule has 0 radical (unpaired) electrons. The van der Waals surface area contributed by atoms with E-state index in [-0.39, 0.29) is 5.97 Å². The number of hydrogen-bond donors (Lipinski definition) is 0. The molecule has 5 heteroatoms. The lowest BCUT2D eigenvalue weighted by molar-refractivity contribution is 0.0526. The van der Waals surface area contributed by atoms with Crippen molar-refractivity contribution in [3.8, 4) is 11.3 Å². The van der Waals surface area contributed by atoms with Crippen molar-refractivity contribution < 1.29 is 9.53 Å². The van der Waals surface area contributed by atoms with Crippen LogP contribution >= 0.6 is 0 Å². The van der Waals surface area contributed by atoms with Gasteiger partial charge in [-0.15, -0.1) is 0 Å². The van der Waals surface area contributed by atoms with E-state index < -0.39 is 0 Å². The molecular weight excluding hydrogens is 242 g/mol. The second-order valence-electron chi connectivity index (χ2n) is 4.14. The molecule has 2 aromatic heterocycles. The maximum Gasteiger partial charge on any atom is 0.339 e. The Morgan fingerprint density at radius 3 is 2.79 bits per heavy atom. The highest BCUT2D eigenvalue weighted by molar-refractivity contribution is 5.89. The van der Waals surface area contributed by atoms with Crippen molar-refractivity contribution in [3.63, 3.8) is 0 Å². The number of nitrogens with zero attached hydrogens (tertiary/aromatic N) is 3. The topological polar surface area (TPSA) is 57.0 Å². The predicted octanol–water partition coefficient (Wildman–Crippen LogP) is 2.53. The summed E-state index contributed by atoms with van der Waals surface area (Å²) >= 11 is 0. The Morgan fingerprint density at radius 2 is 2.16 bits per heavy atom. The molecule has 100 valence electrons. The molecule has 2 aromatic rings. The van der Waals surface area contributed by atoms with Crippen LogP contribution in [0.5, 0.6) is 0 Å². The van der Waals surface area contributed by atoms with E-state index in [2.05, 4.69) is 17.0 Å². The van der Waals surface area contributed by atoms with Crippen LogP contribution in [0.15, 0.2) is 30.7 Å². The zero-order valence-electron chi connectivity index (χ0n) is 11.2. The largest absolute Gasteiger partial charge is 0.462 e. The molecule has 0 aliphatic heterocycles. The molecular formula is C14H17N3O2. The number of carbonyl (C=O) groups excluding carboxylic acids is 1. The first-order valence-corrected chi connectivity index (χ1v) is 6.40. The molecule has 0 aliphatic rings. The van der Waals surface area contributed by atoms with Gasteiger partial charge in [-0.1, -0.05) is 6.92 Å². The molecule has 0 unspecified atom stereocenters. The van der Waals surface area contributed by atoms with E-state index >= 15 is 0 Å². The van der Waals surface area contributed by atoms with Crippen molar-refractivity contribution >= 4 is 5.97 Å². The Labute approximate surface area is 112 Å². The average Bonchev–Trinajstić information content (AvgIpc) is 2.88. The molecule has 0 spiro atoms. The van der Waals surface area contributed by atoms with E-state index in [1.807, 2.05) is 10.9 Å². The molecule has 0 saturated heterocycles. The van der Waals surface area contributed by atoms with Gasteiger partial charge >= 0.3 is 5.97 Å². The number of carbonyl (C=O) groups is 1. The molecule has 0 amide bonds. The maximum absolute atomic E-state index is 11.5. The van der Waals surface area contributed by atoms with Crippen LogP contribution in [0.3, 0.4) is 0 Å². The van der Waals surface area contributed by atoms with Crippen LogP contribution in [0, 0.1) is 0 Å². The molecule has 19 heavy (non-hydrogen) atoms. The molecule has 0 saturated carbocycles. The van der Waals surface area contributed by atoms with E-state index in [4.69, 9.17) is 4.74 Å². The maximum atomic E-state index is 11.5. The average molecular weight is 259 g/mol. The van der Waals surface area contributed by atoms with E-state index in [0.29, 0.717) is 12.2 Å². The minimum atomic E-state index is -0.344. The highest BCUT2D eigenvalue weighted by Gasteiger charge is 2.08. The molecule has 0 aromatic carbocycles. The smallest absolute Gasteiger partial charge is 0.339 e. The first-order chi connectivity index (χ1) is 9.24. The van der Waals surface area contributed by atoms with Gasteiger partial charge in [0.1, 0.15) is 0 Å². The van der Waals surface area contributed by atoms with E-state index in [1.54, 1.807) is 25.3 Å². The SMILES string of the molecule is CCCn1cc(-c2ccc(C(=O)OCC)cn2)cn1. The Morgan fingerprint density at radius 1 is 1.32 bits per heavy atom. The fourth-order valence-corrected chi connectivity index (χ4v) is 1.75. The molecule has 0 fully saturated rings. The number of pyridine rings is 1. The lowest BCUT2D eigenvalue weighted by Gasteiger charge is -2.02. The van der Waals surface area contributed by atoms with Crippen LogP contribution in [0.4, 0.5) is 0 Å². The number of hydrogen-bond acceptors (Lipinski definition) is 4. The molecule has 0 N–H and O–H groups in total. The lowest BCUT2D eigenvalue weighted by atomic mass is 10.2. The summed E-state index contributed by atoms with van der Waals surface area (Å²) in [5.74, 6) is -0.344. The van der Waals surface area contributed by atoms with Gasteiger partial charge in [0.25, 0.3) is 0 Å². The van der Waals surface area contributed by atoms with Gasteiger partial charge in [0.15, 0.2) is 0 Å². The quantitative estimate of drug-likeness (QED) is 0.774. The summed E-state index contributed by atoms with van der Waals surface area (Å²) < 4.78 is 6.80. The molecule has 0 bridgehead atoms. The lowest BCUT2D eigenvalue weighted by Crippen LogP contribution is -2.04. The zero-order valence-corrected chi connectivity index (χ0v) is 11.2. The van der Waals surface area contributed by atoms with Crippen LogP contribution in [0.2, 0.25) is 0 Å². The van der Waals surface area contributed by atoms with Crippen LogP contribution in [0.1, 0.15) is 30.6 Å². The summed E-state index contributed by atoms with van der Waals surface area (Å²) in [5, 5.41) is 4.25. The van der Waals surface area contributed by atoms with E-state index in [0.717, 1.165) is 24.2 Å².